The van der Waals surface area contributed by atoms with Crippen molar-refractivity contribution in [1.29, 1.82) is 0 Å². The number of anilines is 2. The zero-order chi connectivity index (χ0) is 12.5. The Morgan fingerprint density at radius 1 is 1.39 bits per heavy atom. The Labute approximate surface area is 113 Å². The minimum atomic E-state index is 0.164. The van der Waals surface area contributed by atoms with E-state index in [4.69, 9.17) is 17.3 Å². The molecule has 0 amide bonds. The lowest BCUT2D eigenvalue weighted by Gasteiger charge is -2.17. The Morgan fingerprint density at radius 2 is 2.22 bits per heavy atom. The molecule has 7 heteroatoms. The molecule has 0 saturated heterocycles. The number of nitrogens with two attached hydrogens (primary N) is 1. The largest absolute Gasteiger partial charge is 0.382 e. The van der Waals surface area contributed by atoms with Crippen LogP contribution in [-0.4, -0.2) is 15.0 Å². The molecule has 0 aliphatic heterocycles. The second-order valence-electron chi connectivity index (χ2n) is 4.25. The highest BCUT2D eigenvalue weighted by Crippen LogP contribution is 2.44. The average Bonchev–Trinajstić information content (AvgIpc) is 3.06. The number of nitrogen functional groups attached to an aromatic ring is 1. The fourth-order valence-corrected chi connectivity index (χ4v) is 2.76. The fourth-order valence-electron chi connectivity index (χ4n) is 1.83. The highest BCUT2D eigenvalue weighted by Gasteiger charge is 2.34. The van der Waals surface area contributed by atoms with E-state index in [1.807, 2.05) is 11.6 Å². The van der Waals surface area contributed by atoms with Gasteiger partial charge in [-0.2, -0.15) is 0 Å². The fraction of sp³-hybridized carbons (Fsp3) is 0.364. The van der Waals surface area contributed by atoms with Gasteiger partial charge in [-0.3, -0.25) is 0 Å². The van der Waals surface area contributed by atoms with E-state index < -0.39 is 0 Å². The molecule has 0 radical (unpaired) electrons. The van der Waals surface area contributed by atoms with Crippen LogP contribution in [0.3, 0.4) is 0 Å². The number of hydrogen-bond donors (Lipinski definition) is 2. The van der Waals surface area contributed by atoms with E-state index in [2.05, 4.69) is 20.3 Å². The number of thiazole rings is 1. The van der Waals surface area contributed by atoms with Crippen molar-refractivity contribution in [2.24, 2.45) is 5.92 Å². The molecular formula is C11H12ClN5S. The summed E-state index contributed by atoms with van der Waals surface area (Å²) in [4.78, 5) is 12.4. The van der Waals surface area contributed by atoms with Crippen LogP contribution in [0.5, 0.6) is 0 Å². The second kappa shape index (κ2) is 4.70. The van der Waals surface area contributed by atoms with Crippen LogP contribution in [0.4, 0.5) is 11.6 Å². The minimum Gasteiger partial charge on any atom is -0.382 e. The Hall–Kier alpha value is -1.40. The van der Waals surface area contributed by atoms with Crippen molar-refractivity contribution >= 4 is 34.6 Å². The lowest BCUT2D eigenvalue weighted by Crippen LogP contribution is -2.14. The van der Waals surface area contributed by atoms with Gasteiger partial charge in [0.15, 0.2) is 5.82 Å². The molecule has 1 aliphatic rings. The van der Waals surface area contributed by atoms with Gasteiger partial charge in [-0.1, -0.05) is 11.6 Å². The third-order valence-electron chi connectivity index (χ3n) is 2.92. The average molecular weight is 282 g/mol. The number of nitrogens with one attached hydrogen (secondary N) is 1. The van der Waals surface area contributed by atoms with Crippen LogP contribution >= 0.6 is 22.9 Å². The highest BCUT2D eigenvalue weighted by molar-refractivity contribution is 7.09. The summed E-state index contributed by atoms with van der Waals surface area (Å²) in [7, 11) is 0. The summed E-state index contributed by atoms with van der Waals surface area (Å²) in [6.45, 7) is 0. The van der Waals surface area contributed by atoms with Crippen LogP contribution in [0.15, 0.2) is 17.9 Å². The molecule has 0 bridgehead atoms. The Bertz CT molecular complexity index is 540. The Kier molecular flexibility index (Phi) is 3.05. The molecule has 1 aliphatic carbocycles. The zero-order valence-corrected chi connectivity index (χ0v) is 11.1. The van der Waals surface area contributed by atoms with E-state index in [0.717, 1.165) is 5.01 Å². The van der Waals surface area contributed by atoms with Crippen molar-refractivity contribution < 1.29 is 0 Å². The van der Waals surface area contributed by atoms with Crippen molar-refractivity contribution in [2.75, 3.05) is 11.1 Å². The molecule has 3 N–H and O–H groups in total. The smallest absolute Gasteiger partial charge is 0.151 e. The maximum Gasteiger partial charge on any atom is 0.151 e. The first-order valence-corrected chi connectivity index (χ1v) is 6.93. The summed E-state index contributed by atoms with van der Waals surface area (Å²) >= 11 is 7.73. The SMILES string of the molecule is Nc1ncnc(NC(c2nccs2)C2CC2)c1Cl. The van der Waals surface area contributed by atoms with E-state index in [1.54, 1.807) is 11.3 Å². The van der Waals surface area contributed by atoms with Gasteiger partial charge in [0.2, 0.25) is 0 Å². The summed E-state index contributed by atoms with van der Waals surface area (Å²) in [6.07, 6.45) is 5.63. The van der Waals surface area contributed by atoms with Crippen molar-refractivity contribution in [3.8, 4) is 0 Å². The molecule has 18 heavy (non-hydrogen) atoms. The van der Waals surface area contributed by atoms with Crippen LogP contribution in [0, 0.1) is 5.92 Å². The number of nitrogens with zero attached hydrogens (tertiary/aromatic N) is 3. The number of aromatic nitrogens is 3. The molecule has 5 nitrogen and oxygen atoms in total. The van der Waals surface area contributed by atoms with E-state index in [9.17, 15) is 0 Å². The molecule has 2 aromatic rings. The van der Waals surface area contributed by atoms with E-state index in [1.165, 1.54) is 19.2 Å². The van der Waals surface area contributed by atoms with Crippen LogP contribution in [0.1, 0.15) is 23.9 Å². The van der Waals surface area contributed by atoms with Gasteiger partial charge in [0.05, 0.1) is 6.04 Å². The molecule has 0 aromatic carbocycles. The summed E-state index contributed by atoms with van der Waals surface area (Å²) < 4.78 is 0. The van der Waals surface area contributed by atoms with Gasteiger partial charge in [-0.25, -0.2) is 15.0 Å². The molecule has 0 spiro atoms. The third kappa shape index (κ3) is 2.26. The van der Waals surface area contributed by atoms with Gasteiger partial charge in [0.1, 0.15) is 22.2 Å². The lowest BCUT2D eigenvalue weighted by molar-refractivity contribution is 0.670. The molecule has 1 fully saturated rings. The molecular weight excluding hydrogens is 270 g/mol. The first-order chi connectivity index (χ1) is 8.75. The van der Waals surface area contributed by atoms with Crippen molar-refractivity contribution in [2.45, 2.75) is 18.9 Å². The molecule has 94 valence electrons. The van der Waals surface area contributed by atoms with Crippen molar-refractivity contribution in [3.63, 3.8) is 0 Å². The summed E-state index contributed by atoms with van der Waals surface area (Å²) in [5.74, 6) is 1.47. The molecule has 1 saturated carbocycles. The van der Waals surface area contributed by atoms with Gasteiger partial charge < -0.3 is 11.1 Å². The van der Waals surface area contributed by atoms with Gasteiger partial charge in [0, 0.05) is 11.6 Å². The van der Waals surface area contributed by atoms with E-state index >= 15 is 0 Å². The number of halogens is 1. The van der Waals surface area contributed by atoms with Crippen molar-refractivity contribution in [3.05, 3.63) is 27.9 Å². The predicted octanol–water partition coefficient (Wildman–Crippen LogP) is 2.73. The Morgan fingerprint density at radius 3 is 2.89 bits per heavy atom. The summed E-state index contributed by atoms with van der Waals surface area (Å²) in [5.41, 5.74) is 5.67. The first-order valence-electron chi connectivity index (χ1n) is 5.67. The second-order valence-corrected chi connectivity index (χ2v) is 5.56. The topological polar surface area (TPSA) is 76.7 Å². The Balaban J connectivity index is 1.87. The van der Waals surface area contributed by atoms with Gasteiger partial charge in [-0.15, -0.1) is 11.3 Å². The normalized spacial score (nSPS) is 16.5. The van der Waals surface area contributed by atoms with Crippen molar-refractivity contribution in [1.82, 2.24) is 15.0 Å². The van der Waals surface area contributed by atoms with Crippen LogP contribution in [-0.2, 0) is 0 Å². The van der Waals surface area contributed by atoms with Gasteiger partial charge in [0.25, 0.3) is 0 Å². The monoisotopic (exact) mass is 281 g/mol. The molecule has 2 aromatic heterocycles. The zero-order valence-electron chi connectivity index (χ0n) is 9.51. The lowest BCUT2D eigenvalue weighted by atomic mass is 10.2. The predicted molar refractivity (Wildman–Crippen MR) is 72.7 cm³/mol. The maximum absolute atomic E-state index is 6.09. The summed E-state index contributed by atoms with van der Waals surface area (Å²) in [6, 6.07) is 0.164. The minimum absolute atomic E-state index is 0.164. The highest BCUT2D eigenvalue weighted by atomic mass is 35.5. The van der Waals surface area contributed by atoms with Crippen LogP contribution < -0.4 is 11.1 Å². The first kappa shape index (κ1) is 11.7. The maximum atomic E-state index is 6.09. The molecule has 3 rings (SSSR count). The number of rotatable bonds is 4. The standard InChI is InChI=1S/C11H12ClN5S/c12-7-9(13)15-5-16-10(7)17-8(6-1-2-6)11-14-3-4-18-11/h3-6,8H,1-2H2,(H3,13,15,16,17). The van der Waals surface area contributed by atoms with Crippen LogP contribution in [0.25, 0.3) is 0 Å². The third-order valence-corrected chi connectivity index (χ3v) is 4.15. The van der Waals surface area contributed by atoms with Crippen LogP contribution in [0.2, 0.25) is 5.02 Å². The molecule has 2 heterocycles. The summed E-state index contributed by atoms with van der Waals surface area (Å²) in [5, 5.41) is 6.75. The van der Waals surface area contributed by atoms with Gasteiger partial charge in [-0.05, 0) is 18.8 Å². The molecule has 1 atom stereocenters. The molecule has 1 unspecified atom stereocenters. The quantitative estimate of drug-likeness (QED) is 0.901. The van der Waals surface area contributed by atoms with E-state index in [0.29, 0.717) is 22.6 Å². The number of hydrogen-bond acceptors (Lipinski definition) is 6. The van der Waals surface area contributed by atoms with E-state index in [-0.39, 0.29) is 6.04 Å². The van der Waals surface area contributed by atoms with Gasteiger partial charge >= 0.3 is 0 Å².